The van der Waals surface area contributed by atoms with Gasteiger partial charge < -0.3 is 19.9 Å². The Morgan fingerprint density at radius 1 is 1.19 bits per heavy atom. The second-order valence-corrected chi connectivity index (χ2v) is 3.50. The van der Waals surface area contributed by atoms with Crippen LogP contribution in [0.2, 0.25) is 0 Å². The molecule has 0 saturated carbocycles. The molecule has 5 nitrogen and oxygen atoms in total. The van der Waals surface area contributed by atoms with E-state index in [1.54, 1.807) is 0 Å². The number of nitrogens with two attached hydrogens (primary N) is 1. The quantitative estimate of drug-likeness (QED) is 0.444. The normalized spacial score (nSPS) is 12.4. The molecule has 0 saturated heterocycles. The predicted octanol–water partition coefficient (Wildman–Crippen LogP) is 0.710. The van der Waals surface area contributed by atoms with Gasteiger partial charge in [0.25, 0.3) is 0 Å². The maximum Gasteiger partial charge on any atom is 0.322 e. The molecule has 1 atom stereocenters. The molecule has 0 radical (unpaired) electrons. The number of carbonyl (C=O) groups excluding carboxylic acids is 1. The average molecular weight is 233 g/mol. The zero-order valence-corrected chi connectivity index (χ0v) is 10.2. The van der Waals surface area contributed by atoms with E-state index in [-0.39, 0.29) is 0 Å². The van der Waals surface area contributed by atoms with E-state index in [1.807, 2.05) is 0 Å². The number of unbranched alkanes of at least 4 members (excludes halogenated alkanes) is 1. The zero-order chi connectivity index (χ0) is 12.2. The Kier molecular flexibility index (Phi) is 10.4. The first-order chi connectivity index (χ1) is 7.72. The fourth-order valence-corrected chi connectivity index (χ4v) is 1.05. The highest BCUT2D eigenvalue weighted by Gasteiger charge is 2.12. The van der Waals surface area contributed by atoms with Crippen molar-refractivity contribution in [3.05, 3.63) is 0 Å². The number of methoxy groups -OCH3 is 1. The third kappa shape index (κ3) is 8.64. The summed E-state index contributed by atoms with van der Waals surface area (Å²) in [5.74, 6) is -0.400. The minimum atomic E-state index is -0.592. The minimum Gasteiger partial charge on any atom is -0.468 e. The average Bonchev–Trinajstić information content (AvgIpc) is 2.31. The molecule has 2 N–H and O–H groups in total. The topological polar surface area (TPSA) is 70.8 Å². The van der Waals surface area contributed by atoms with E-state index in [0.717, 1.165) is 19.4 Å². The molecule has 0 aromatic rings. The zero-order valence-electron chi connectivity index (χ0n) is 10.2. The van der Waals surface area contributed by atoms with Gasteiger partial charge in [-0.1, -0.05) is 13.3 Å². The summed E-state index contributed by atoms with van der Waals surface area (Å²) in [5.41, 5.74) is 5.52. The molecule has 0 heterocycles. The van der Waals surface area contributed by atoms with Crippen molar-refractivity contribution in [2.45, 2.75) is 32.2 Å². The van der Waals surface area contributed by atoms with Gasteiger partial charge in [0.2, 0.25) is 0 Å². The van der Waals surface area contributed by atoms with E-state index >= 15 is 0 Å². The van der Waals surface area contributed by atoms with Gasteiger partial charge in [0, 0.05) is 13.2 Å². The van der Waals surface area contributed by atoms with Crippen LogP contribution in [0.15, 0.2) is 0 Å². The van der Waals surface area contributed by atoms with Gasteiger partial charge in [0.1, 0.15) is 6.04 Å². The first kappa shape index (κ1) is 15.3. The summed E-state index contributed by atoms with van der Waals surface area (Å²) in [4.78, 5) is 10.9. The number of rotatable bonds is 10. The van der Waals surface area contributed by atoms with E-state index in [1.165, 1.54) is 7.11 Å². The van der Waals surface area contributed by atoms with Crippen LogP contribution in [0, 0.1) is 0 Å². The summed E-state index contributed by atoms with van der Waals surface area (Å²) >= 11 is 0. The maximum absolute atomic E-state index is 10.9. The van der Waals surface area contributed by atoms with E-state index in [4.69, 9.17) is 15.2 Å². The van der Waals surface area contributed by atoms with E-state index in [2.05, 4.69) is 11.7 Å². The van der Waals surface area contributed by atoms with Crippen molar-refractivity contribution >= 4 is 5.97 Å². The van der Waals surface area contributed by atoms with E-state index in [9.17, 15) is 4.79 Å². The van der Waals surface area contributed by atoms with Crippen LogP contribution in [0.4, 0.5) is 0 Å². The van der Waals surface area contributed by atoms with Crippen LogP contribution in [0.1, 0.15) is 26.2 Å². The molecule has 0 bridgehead atoms. The largest absolute Gasteiger partial charge is 0.468 e. The van der Waals surface area contributed by atoms with Gasteiger partial charge in [-0.15, -0.1) is 0 Å². The number of carbonyl (C=O) groups is 1. The molecular weight excluding hydrogens is 210 g/mol. The smallest absolute Gasteiger partial charge is 0.322 e. The molecule has 0 aromatic carbocycles. The van der Waals surface area contributed by atoms with Crippen LogP contribution in [0.3, 0.4) is 0 Å². The Balaban J connectivity index is 3.17. The number of ether oxygens (including phenoxy) is 3. The van der Waals surface area contributed by atoms with Crippen molar-refractivity contribution in [1.82, 2.24) is 0 Å². The molecule has 1 unspecified atom stereocenters. The molecule has 0 rings (SSSR count). The molecule has 0 amide bonds. The first-order valence-electron chi connectivity index (χ1n) is 5.71. The molecule has 0 aliphatic heterocycles. The molecule has 0 aliphatic carbocycles. The van der Waals surface area contributed by atoms with Gasteiger partial charge in [0.15, 0.2) is 0 Å². The highest BCUT2D eigenvalue weighted by Crippen LogP contribution is 1.93. The molecule has 0 spiro atoms. The Hall–Kier alpha value is -0.650. The highest BCUT2D eigenvalue weighted by atomic mass is 16.5. The fraction of sp³-hybridized carbons (Fsp3) is 0.909. The first-order valence-corrected chi connectivity index (χ1v) is 5.71. The van der Waals surface area contributed by atoms with Gasteiger partial charge in [0.05, 0.1) is 20.3 Å². The Morgan fingerprint density at radius 2 is 1.81 bits per heavy atom. The SMILES string of the molecule is CCCCOCCOCCC(N)C(=O)OC. The van der Waals surface area contributed by atoms with Gasteiger partial charge in [-0.2, -0.15) is 0 Å². The predicted molar refractivity (Wildman–Crippen MR) is 61.2 cm³/mol. The maximum atomic E-state index is 10.9. The second kappa shape index (κ2) is 10.9. The summed E-state index contributed by atoms with van der Waals surface area (Å²) in [6, 6.07) is -0.592. The molecule has 0 aromatic heterocycles. The van der Waals surface area contributed by atoms with Gasteiger partial charge in [-0.3, -0.25) is 4.79 Å². The minimum absolute atomic E-state index is 0.400. The van der Waals surface area contributed by atoms with Crippen LogP contribution in [-0.4, -0.2) is 45.5 Å². The number of esters is 1. The van der Waals surface area contributed by atoms with Crippen LogP contribution in [0.5, 0.6) is 0 Å². The summed E-state index contributed by atoms with van der Waals surface area (Å²) in [5, 5.41) is 0. The summed E-state index contributed by atoms with van der Waals surface area (Å²) in [7, 11) is 1.32. The lowest BCUT2D eigenvalue weighted by molar-refractivity contribution is -0.142. The Bertz CT molecular complexity index is 175. The van der Waals surface area contributed by atoms with Crippen molar-refractivity contribution in [3.63, 3.8) is 0 Å². The van der Waals surface area contributed by atoms with Crippen molar-refractivity contribution in [2.75, 3.05) is 33.5 Å². The lowest BCUT2D eigenvalue weighted by Gasteiger charge is -2.09. The molecule has 96 valence electrons. The van der Waals surface area contributed by atoms with Crippen LogP contribution in [-0.2, 0) is 19.0 Å². The molecule has 5 heteroatoms. The summed E-state index contributed by atoms with van der Waals surface area (Å²) in [6.07, 6.45) is 2.68. The van der Waals surface area contributed by atoms with E-state index < -0.39 is 12.0 Å². The molecular formula is C11H23NO4. The lowest BCUT2D eigenvalue weighted by atomic mass is 10.2. The van der Waals surface area contributed by atoms with Crippen LogP contribution >= 0.6 is 0 Å². The van der Waals surface area contributed by atoms with Crippen LogP contribution < -0.4 is 5.73 Å². The number of hydrogen-bond acceptors (Lipinski definition) is 5. The molecule has 0 aliphatic rings. The summed E-state index contributed by atoms with van der Waals surface area (Å²) in [6.45, 7) is 4.48. The van der Waals surface area contributed by atoms with Crippen molar-refractivity contribution in [1.29, 1.82) is 0 Å². The third-order valence-electron chi connectivity index (χ3n) is 2.09. The molecule has 0 fully saturated rings. The van der Waals surface area contributed by atoms with E-state index in [0.29, 0.717) is 26.2 Å². The number of hydrogen-bond donors (Lipinski definition) is 1. The highest BCUT2D eigenvalue weighted by molar-refractivity contribution is 5.75. The van der Waals surface area contributed by atoms with Crippen LogP contribution in [0.25, 0.3) is 0 Å². The lowest BCUT2D eigenvalue weighted by Crippen LogP contribution is -2.32. The Labute approximate surface area is 97.2 Å². The van der Waals surface area contributed by atoms with Gasteiger partial charge in [-0.25, -0.2) is 0 Å². The standard InChI is InChI=1S/C11H23NO4/c1-3-4-6-15-8-9-16-7-5-10(12)11(13)14-2/h10H,3-9,12H2,1-2H3. The third-order valence-corrected chi connectivity index (χ3v) is 2.09. The van der Waals surface area contributed by atoms with Crippen molar-refractivity contribution < 1.29 is 19.0 Å². The monoisotopic (exact) mass is 233 g/mol. The van der Waals surface area contributed by atoms with Gasteiger partial charge >= 0.3 is 5.97 Å². The second-order valence-electron chi connectivity index (χ2n) is 3.50. The Morgan fingerprint density at radius 3 is 2.38 bits per heavy atom. The molecule has 16 heavy (non-hydrogen) atoms. The summed E-state index contributed by atoms with van der Waals surface area (Å²) < 4.78 is 15.1. The van der Waals surface area contributed by atoms with Gasteiger partial charge in [-0.05, 0) is 12.8 Å². The van der Waals surface area contributed by atoms with Crippen molar-refractivity contribution in [2.24, 2.45) is 5.73 Å². The fourth-order valence-electron chi connectivity index (χ4n) is 1.05. The van der Waals surface area contributed by atoms with Crippen molar-refractivity contribution in [3.8, 4) is 0 Å².